The molecule has 5 heteroatoms. The highest BCUT2D eigenvalue weighted by molar-refractivity contribution is 5.77. The fraction of sp³-hybridized carbons (Fsp3) is 0.0667. The van der Waals surface area contributed by atoms with Gasteiger partial charge in [-0.15, -0.1) is 0 Å². The van der Waals surface area contributed by atoms with Gasteiger partial charge in [-0.2, -0.15) is 0 Å². The SMILES string of the molecule is NNC(c1cc2ccccc2o1)c1cccc(F)c1F. The van der Waals surface area contributed by atoms with Gasteiger partial charge in [-0.05, 0) is 18.2 Å². The van der Waals surface area contributed by atoms with Crippen molar-refractivity contribution < 1.29 is 13.2 Å². The standard InChI is InChI=1S/C15H12F2N2O/c16-11-6-3-5-10(14(11)17)15(19-18)13-8-9-4-1-2-7-12(9)20-13/h1-8,15,19H,18H2. The van der Waals surface area contributed by atoms with E-state index in [0.29, 0.717) is 11.3 Å². The molecule has 20 heavy (non-hydrogen) atoms. The lowest BCUT2D eigenvalue weighted by Crippen LogP contribution is -2.29. The molecule has 3 nitrogen and oxygen atoms in total. The minimum absolute atomic E-state index is 0.103. The molecule has 0 saturated carbocycles. The van der Waals surface area contributed by atoms with E-state index >= 15 is 0 Å². The van der Waals surface area contributed by atoms with Gasteiger partial charge in [0, 0.05) is 10.9 Å². The van der Waals surface area contributed by atoms with Crippen LogP contribution in [0, 0.1) is 11.6 Å². The van der Waals surface area contributed by atoms with Crippen LogP contribution in [0.15, 0.2) is 52.9 Å². The number of fused-ring (bicyclic) bond motifs is 1. The smallest absolute Gasteiger partial charge is 0.164 e. The summed E-state index contributed by atoms with van der Waals surface area (Å²) >= 11 is 0. The molecule has 0 fully saturated rings. The van der Waals surface area contributed by atoms with E-state index in [2.05, 4.69) is 5.43 Å². The normalized spacial score (nSPS) is 12.8. The first-order valence-electron chi connectivity index (χ1n) is 6.09. The molecular weight excluding hydrogens is 262 g/mol. The average Bonchev–Trinajstić information content (AvgIpc) is 2.87. The molecule has 0 amide bonds. The zero-order valence-electron chi connectivity index (χ0n) is 10.4. The number of nitrogens with two attached hydrogens (primary N) is 1. The molecule has 1 heterocycles. The number of hydrogen-bond donors (Lipinski definition) is 2. The Bertz CT molecular complexity index is 721. The van der Waals surface area contributed by atoms with Gasteiger partial charge in [0.1, 0.15) is 17.4 Å². The summed E-state index contributed by atoms with van der Waals surface area (Å²) in [5.74, 6) is 4.06. The fourth-order valence-electron chi connectivity index (χ4n) is 2.21. The van der Waals surface area contributed by atoms with E-state index in [1.54, 1.807) is 12.1 Å². The summed E-state index contributed by atoms with van der Waals surface area (Å²) in [7, 11) is 0. The monoisotopic (exact) mass is 274 g/mol. The third-order valence-electron chi connectivity index (χ3n) is 3.19. The molecule has 0 aliphatic heterocycles. The van der Waals surface area contributed by atoms with Crippen molar-refractivity contribution in [3.05, 3.63) is 71.5 Å². The van der Waals surface area contributed by atoms with Crippen LogP contribution in [0.1, 0.15) is 17.4 Å². The van der Waals surface area contributed by atoms with Gasteiger partial charge >= 0.3 is 0 Å². The van der Waals surface area contributed by atoms with Gasteiger partial charge in [-0.3, -0.25) is 5.84 Å². The number of furan rings is 1. The molecule has 0 saturated heterocycles. The summed E-state index contributed by atoms with van der Waals surface area (Å²) in [6.07, 6.45) is 0. The van der Waals surface area contributed by atoms with Crippen molar-refractivity contribution in [2.75, 3.05) is 0 Å². The van der Waals surface area contributed by atoms with Gasteiger partial charge in [-0.1, -0.05) is 30.3 Å². The molecule has 1 aromatic heterocycles. The molecule has 1 unspecified atom stereocenters. The maximum absolute atomic E-state index is 13.9. The maximum Gasteiger partial charge on any atom is 0.164 e. The zero-order valence-corrected chi connectivity index (χ0v) is 10.4. The third kappa shape index (κ3) is 2.07. The second kappa shape index (κ2) is 5.03. The summed E-state index contributed by atoms with van der Waals surface area (Å²) in [4.78, 5) is 0. The lowest BCUT2D eigenvalue weighted by atomic mass is 10.0. The lowest BCUT2D eigenvalue weighted by Gasteiger charge is -2.14. The Morgan fingerprint density at radius 2 is 1.85 bits per heavy atom. The Hall–Kier alpha value is -2.24. The second-order valence-corrected chi connectivity index (χ2v) is 4.43. The van der Waals surface area contributed by atoms with Crippen molar-refractivity contribution >= 4 is 11.0 Å². The highest BCUT2D eigenvalue weighted by Gasteiger charge is 2.22. The third-order valence-corrected chi connectivity index (χ3v) is 3.19. The number of para-hydroxylation sites is 1. The van der Waals surface area contributed by atoms with E-state index in [-0.39, 0.29) is 5.56 Å². The Balaban J connectivity index is 2.11. The van der Waals surface area contributed by atoms with Gasteiger partial charge in [0.25, 0.3) is 0 Å². The Morgan fingerprint density at radius 1 is 1.05 bits per heavy atom. The summed E-state index contributed by atoms with van der Waals surface area (Å²) in [5, 5.41) is 0.875. The van der Waals surface area contributed by atoms with Gasteiger partial charge in [0.15, 0.2) is 11.6 Å². The molecule has 0 bridgehead atoms. The Labute approximate surface area is 114 Å². The highest BCUT2D eigenvalue weighted by atomic mass is 19.2. The molecule has 3 N–H and O–H groups in total. The van der Waals surface area contributed by atoms with Crippen LogP contribution in [0.3, 0.4) is 0 Å². The van der Waals surface area contributed by atoms with Crippen LogP contribution < -0.4 is 11.3 Å². The first-order chi connectivity index (χ1) is 9.70. The molecule has 102 valence electrons. The molecule has 0 spiro atoms. The van der Waals surface area contributed by atoms with Crippen LogP contribution in [0.5, 0.6) is 0 Å². The Morgan fingerprint density at radius 3 is 2.60 bits per heavy atom. The first-order valence-corrected chi connectivity index (χ1v) is 6.09. The maximum atomic E-state index is 13.9. The lowest BCUT2D eigenvalue weighted by molar-refractivity contribution is 0.444. The van der Waals surface area contributed by atoms with E-state index in [4.69, 9.17) is 10.3 Å². The molecule has 3 rings (SSSR count). The van der Waals surface area contributed by atoms with E-state index in [0.717, 1.165) is 11.5 Å². The zero-order chi connectivity index (χ0) is 14.1. The van der Waals surface area contributed by atoms with E-state index in [9.17, 15) is 8.78 Å². The first kappa shape index (κ1) is 12.8. The molecular formula is C15H12F2N2O. The summed E-state index contributed by atoms with van der Waals surface area (Å²) < 4.78 is 32.8. The van der Waals surface area contributed by atoms with Crippen molar-refractivity contribution in [3.63, 3.8) is 0 Å². The number of rotatable bonds is 3. The predicted molar refractivity (Wildman–Crippen MR) is 71.7 cm³/mol. The topological polar surface area (TPSA) is 51.2 Å². The molecule has 3 aromatic rings. The largest absolute Gasteiger partial charge is 0.459 e. The van der Waals surface area contributed by atoms with Crippen LogP contribution in [0.2, 0.25) is 0 Å². The van der Waals surface area contributed by atoms with E-state index in [1.807, 2.05) is 18.2 Å². The van der Waals surface area contributed by atoms with Crippen molar-refractivity contribution in [2.45, 2.75) is 6.04 Å². The minimum atomic E-state index is -0.934. The van der Waals surface area contributed by atoms with Crippen molar-refractivity contribution in [2.24, 2.45) is 5.84 Å². The van der Waals surface area contributed by atoms with Crippen LogP contribution in [-0.2, 0) is 0 Å². The predicted octanol–water partition coefficient (Wildman–Crippen LogP) is 3.26. The summed E-state index contributed by atoms with van der Waals surface area (Å²) in [5.41, 5.74) is 3.23. The van der Waals surface area contributed by atoms with Crippen LogP contribution in [0.4, 0.5) is 8.78 Å². The molecule has 1 atom stereocenters. The number of benzene rings is 2. The van der Waals surface area contributed by atoms with Crippen molar-refractivity contribution in [3.8, 4) is 0 Å². The minimum Gasteiger partial charge on any atom is -0.459 e. The van der Waals surface area contributed by atoms with Gasteiger partial charge in [0.2, 0.25) is 0 Å². The van der Waals surface area contributed by atoms with E-state index < -0.39 is 17.7 Å². The summed E-state index contributed by atoms with van der Waals surface area (Å²) in [6, 6.07) is 12.3. The van der Waals surface area contributed by atoms with Gasteiger partial charge < -0.3 is 4.42 Å². The van der Waals surface area contributed by atoms with Gasteiger partial charge in [0.05, 0.1) is 0 Å². The van der Waals surface area contributed by atoms with Crippen LogP contribution >= 0.6 is 0 Å². The van der Waals surface area contributed by atoms with Crippen molar-refractivity contribution in [1.82, 2.24) is 5.43 Å². The summed E-state index contributed by atoms with van der Waals surface area (Å²) in [6.45, 7) is 0. The van der Waals surface area contributed by atoms with Crippen LogP contribution in [-0.4, -0.2) is 0 Å². The number of nitrogens with one attached hydrogen (secondary N) is 1. The van der Waals surface area contributed by atoms with Crippen molar-refractivity contribution in [1.29, 1.82) is 0 Å². The molecule has 0 radical (unpaired) electrons. The molecule has 2 aromatic carbocycles. The second-order valence-electron chi connectivity index (χ2n) is 4.43. The Kier molecular flexibility index (Phi) is 3.22. The average molecular weight is 274 g/mol. The van der Waals surface area contributed by atoms with E-state index in [1.165, 1.54) is 12.1 Å². The number of hydrazine groups is 1. The van der Waals surface area contributed by atoms with Crippen LogP contribution in [0.25, 0.3) is 11.0 Å². The molecule has 0 aliphatic carbocycles. The quantitative estimate of drug-likeness (QED) is 0.569. The van der Waals surface area contributed by atoms with Gasteiger partial charge in [-0.25, -0.2) is 14.2 Å². The highest BCUT2D eigenvalue weighted by Crippen LogP contribution is 2.29. The number of hydrogen-bond acceptors (Lipinski definition) is 3. The molecule has 0 aliphatic rings. The number of halogens is 2. The fourth-order valence-corrected chi connectivity index (χ4v) is 2.21.